The Balaban J connectivity index is 1.57. The molecule has 0 atom stereocenters. The van der Waals surface area contributed by atoms with Gasteiger partial charge in [0, 0.05) is 35.4 Å². The number of ether oxygens (including phenoxy) is 2. The van der Waals surface area contributed by atoms with Crippen molar-refractivity contribution in [1.29, 1.82) is 0 Å². The van der Waals surface area contributed by atoms with Gasteiger partial charge in [0.2, 0.25) is 0 Å². The number of methoxy groups -OCH3 is 1. The molecule has 0 aliphatic rings. The molecule has 2 aromatic carbocycles. The van der Waals surface area contributed by atoms with Gasteiger partial charge in [0.1, 0.15) is 0 Å². The number of anilines is 1. The molecule has 2 heterocycles. The SMILES string of the molecule is COc1cc(NCOC(=O)c2nc(Br)n(C(C)C)c2-c2ccc(Cl)cc2)cc2c1nnn2C. The summed E-state index contributed by atoms with van der Waals surface area (Å²) in [5.74, 6) is 0.0156. The molecule has 33 heavy (non-hydrogen) atoms. The smallest absolute Gasteiger partial charge is 0.360 e. The zero-order valence-corrected chi connectivity index (χ0v) is 20.8. The average molecular weight is 534 g/mol. The molecule has 0 fully saturated rings. The second kappa shape index (κ2) is 9.40. The molecule has 1 N–H and O–H groups in total. The molecule has 0 aliphatic heterocycles. The highest BCUT2D eigenvalue weighted by molar-refractivity contribution is 9.10. The molecule has 2 aromatic heterocycles. The van der Waals surface area contributed by atoms with Crippen LogP contribution in [0.3, 0.4) is 0 Å². The van der Waals surface area contributed by atoms with Crippen molar-refractivity contribution in [3.8, 4) is 17.0 Å². The fourth-order valence-corrected chi connectivity index (χ4v) is 4.40. The second-order valence-electron chi connectivity index (χ2n) is 7.56. The number of nitrogens with zero attached hydrogens (tertiary/aromatic N) is 5. The van der Waals surface area contributed by atoms with Crippen LogP contribution in [0, 0.1) is 0 Å². The third-order valence-corrected chi connectivity index (χ3v) is 5.89. The second-order valence-corrected chi connectivity index (χ2v) is 8.71. The fourth-order valence-electron chi connectivity index (χ4n) is 3.51. The predicted octanol–water partition coefficient (Wildman–Crippen LogP) is 5.06. The number of fused-ring (bicyclic) bond motifs is 1. The van der Waals surface area contributed by atoms with Crippen molar-refractivity contribution < 1.29 is 14.3 Å². The van der Waals surface area contributed by atoms with Gasteiger partial charge < -0.3 is 19.4 Å². The Kier molecular flexibility index (Phi) is 6.57. The number of hydrogen-bond acceptors (Lipinski definition) is 7. The van der Waals surface area contributed by atoms with E-state index < -0.39 is 5.97 Å². The first-order valence-corrected chi connectivity index (χ1v) is 11.3. The van der Waals surface area contributed by atoms with Crippen LogP contribution in [0.4, 0.5) is 5.69 Å². The van der Waals surface area contributed by atoms with Gasteiger partial charge in [-0.05, 0) is 48.0 Å². The van der Waals surface area contributed by atoms with Crippen molar-refractivity contribution in [2.75, 3.05) is 19.2 Å². The van der Waals surface area contributed by atoms with E-state index in [2.05, 4.69) is 36.5 Å². The van der Waals surface area contributed by atoms with Gasteiger partial charge in [0.05, 0.1) is 18.3 Å². The molecule has 0 spiro atoms. The molecule has 0 bridgehead atoms. The van der Waals surface area contributed by atoms with Crippen LogP contribution >= 0.6 is 27.5 Å². The number of rotatable bonds is 7. The Labute approximate surface area is 203 Å². The zero-order valence-electron chi connectivity index (χ0n) is 18.5. The third kappa shape index (κ3) is 4.53. The maximum Gasteiger partial charge on any atom is 0.360 e. The quantitative estimate of drug-likeness (QED) is 0.262. The summed E-state index contributed by atoms with van der Waals surface area (Å²) in [6.45, 7) is 3.96. The van der Waals surface area contributed by atoms with E-state index >= 15 is 0 Å². The van der Waals surface area contributed by atoms with Crippen LogP contribution < -0.4 is 10.1 Å². The lowest BCUT2D eigenvalue weighted by Gasteiger charge is -2.15. The van der Waals surface area contributed by atoms with Crippen molar-refractivity contribution in [3.63, 3.8) is 0 Å². The third-order valence-electron chi connectivity index (χ3n) is 5.08. The Morgan fingerprint density at radius 3 is 2.64 bits per heavy atom. The number of esters is 1. The number of halogens is 2. The standard InChI is InChI=1S/C22H22BrClN6O3/c1-12(2)30-20(13-5-7-14(24)8-6-13)19(26-22(30)23)21(31)33-11-25-15-9-16-18(17(10-15)32-4)27-28-29(16)3/h5-10,12,25H,11H2,1-4H3. The van der Waals surface area contributed by atoms with Crippen LogP contribution in [0.2, 0.25) is 5.02 Å². The Hall–Kier alpha value is -3.11. The Morgan fingerprint density at radius 1 is 1.24 bits per heavy atom. The van der Waals surface area contributed by atoms with Crippen LogP contribution in [-0.4, -0.2) is 44.4 Å². The van der Waals surface area contributed by atoms with Crippen molar-refractivity contribution in [2.24, 2.45) is 7.05 Å². The number of hydrogen-bond donors (Lipinski definition) is 1. The fraction of sp³-hybridized carbons (Fsp3) is 0.273. The molecule has 9 nitrogen and oxygen atoms in total. The highest BCUT2D eigenvalue weighted by Gasteiger charge is 2.25. The van der Waals surface area contributed by atoms with Crippen LogP contribution in [0.5, 0.6) is 5.75 Å². The summed E-state index contributed by atoms with van der Waals surface area (Å²) >= 11 is 9.52. The van der Waals surface area contributed by atoms with Crippen LogP contribution in [0.25, 0.3) is 22.3 Å². The molecule has 0 radical (unpaired) electrons. The average Bonchev–Trinajstić information content (AvgIpc) is 3.34. The van der Waals surface area contributed by atoms with E-state index in [1.807, 2.05) is 36.6 Å². The maximum absolute atomic E-state index is 13.0. The van der Waals surface area contributed by atoms with Crippen molar-refractivity contribution in [2.45, 2.75) is 19.9 Å². The van der Waals surface area contributed by atoms with E-state index in [1.54, 1.807) is 37.0 Å². The lowest BCUT2D eigenvalue weighted by atomic mass is 10.1. The lowest BCUT2D eigenvalue weighted by Crippen LogP contribution is -2.14. The summed E-state index contributed by atoms with van der Waals surface area (Å²) in [4.78, 5) is 17.4. The molecule has 4 aromatic rings. The van der Waals surface area contributed by atoms with Crippen molar-refractivity contribution in [3.05, 3.63) is 51.8 Å². The number of carbonyl (C=O) groups is 1. The van der Waals surface area contributed by atoms with Crippen LogP contribution in [0.15, 0.2) is 41.1 Å². The van der Waals surface area contributed by atoms with Gasteiger partial charge >= 0.3 is 5.97 Å². The molecule has 0 saturated carbocycles. The molecular weight excluding hydrogens is 512 g/mol. The van der Waals surface area contributed by atoms with Crippen molar-refractivity contribution in [1.82, 2.24) is 24.5 Å². The van der Waals surface area contributed by atoms with Gasteiger partial charge in [-0.3, -0.25) is 0 Å². The molecule has 11 heteroatoms. The molecule has 0 saturated heterocycles. The first-order valence-electron chi connectivity index (χ1n) is 10.1. The molecule has 0 aliphatic carbocycles. The predicted molar refractivity (Wildman–Crippen MR) is 130 cm³/mol. The molecule has 0 unspecified atom stereocenters. The summed E-state index contributed by atoms with van der Waals surface area (Å²) in [6.07, 6.45) is 0. The maximum atomic E-state index is 13.0. The largest absolute Gasteiger partial charge is 0.494 e. The monoisotopic (exact) mass is 532 g/mol. The number of aromatic nitrogens is 5. The summed E-state index contributed by atoms with van der Waals surface area (Å²) in [6, 6.07) is 10.9. The van der Waals surface area contributed by atoms with Gasteiger partial charge in [-0.1, -0.05) is 28.9 Å². The summed E-state index contributed by atoms with van der Waals surface area (Å²) in [7, 11) is 3.36. The number of nitrogens with one attached hydrogen (secondary N) is 1. The summed E-state index contributed by atoms with van der Waals surface area (Å²) in [5.41, 5.74) is 3.81. The van der Waals surface area contributed by atoms with E-state index in [1.165, 1.54) is 0 Å². The van der Waals surface area contributed by atoms with E-state index in [0.29, 0.717) is 32.4 Å². The number of benzene rings is 2. The highest BCUT2D eigenvalue weighted by atomic mass is 79.9. The first kappa shape index (κ1) is 23.1. The zero-order chi connectivity index (χ0) is 23.7. The number of aryl methyl sites for hydroxylation is 1. The molecule has 0 amide bonds. The summed E-state index contributed by atoms with van der Waals surface area (Å²) in [5, 5.41) is 11.8. The molecular formula is C22H22BrClN6O3. The normalized spacial score (nSPS) is 11.2. The molecule has 172 valence electrons. The van der Waals surface area contributed by atoms with E-state index in [4.69, 9.17) is 21.1 Å². The van der Waals surface area contributed by atoms with Gasteiger partial charge in [-0.2, -0.15) is 0 Å². The Morgan fingerprint density at radius 2 is 1.97 bits per heavy atom. The summed E-state index contributed by atoms with van der Waals surface area (Å²) < 4.78 is 15.0. The number of imidazole rings is 1. The first-order chi connectivity index (χ1) is 15.8. The van der Waals surface area contributed by atoms with E-state index in [0.717, 1.165) is 11.1 Å². The highest BCUT2D eigenvalue weighted by Crippen LogP contribution is 2.32. The Bertz CT molecular complexity index is 1320. The minimum absolute atomic E-state index is 0.0592. The minimum Gasteiger partial charge on any atom is -0.494 e. The van der Waals surface area contributed by atoms with E-state index in [9.17, 15) is 4.79 Å². The van der Waals surface area contributed by atoms with Crippen LogP contribution in [-0.2, 0) is 11.8 Å². The minimum atomic E-state index is -0.553. The van der Waals surface area contributed by atoms with Gasteiger partial charge in [-0.15, -0.1) is 5.10 Å². The van der Waals surface area contributed by atoms with Gasteiger partial charge in [0.25, 0.3) is 0 Å². The van der Waals surface area contributed by atoms with Crippen LogP contribution in [0.1, 0.15) is 30.4 Å². The van der Waals surface area contributed by atoms with Crippen molar-refractivity contribution >= 4 is 50.2 Å². The topological polar surface area (TPSA) is 96.1 Å². The number of carbonyl (C=O) groups excluding carboxylic acids is 1. The lowest BCUT2D eigenvalue weighted by molar-refractivity contribution is 0.0528. The van der Waals surface area contributed by atoms with Gasteiger partial charge in [0.15, 0.2) is 28.4 Å². The van der Waals surface area contributed by atoms with E-state index in [-0.39, 0.29) is 18.5 Å². The van der Waals surface area contributed by atoms with Gasteiger partial charge in [-0.25, -0.2) is 14.5 Å². The molecule has 4 rings (SSSR count).